The SMILES string of the molecule is CC(=O)Nc1ccc([P+](=O)c2ccccc2)cc1. The van der Waals surface area contributed by atoms with E-state index in [-0.39, 0.29) is 5.91 Å². The molecule has 0 saturated carbocycles. The average Bonchev–Trinajstić information content (AvgIpc) is 2.39. The predicted molar refractivity (Wildman–Crippen MR) is 74.1 cm³/mol. The highest BCUT2D eigenvalue weighted by Gasteiger charge is 2.22. The number of nitrogens with one attached hydrogen (secondary N) is 1. The summed E-state index contributed by atoms with van der Waals surface area (Å²) in [6, 6.07) is 16.4. The zero-order valence-electron chi connectivity index (χ0n) is 9.96. The Morgan fingerprint density at radius 3 is 2.06 bits per heavy atom. The van der Waals surface area contributed by atoms with Crippen LogP contribution in [-0.2, 0) is 9.36 Å². The lowest BCUT2D eigenvalue weighted by molar-refractivity contribution is -0.114. The van der Waals surface area contributed by atoms with Crippen LogP contribution in [0.2, 0.25) is 0 Å². The van der Waals surface area contributed by atoms with Crippen LogP contribution in [0.3, 0.4) is 0 Å². The lowest BCUT2D eigenvalue weighted by atomic mass is 10.3. The molecule has 2 rings (SSSR count). The molecular weight excluding hydrogens is 245 g/mol. The molecule has 18 heavy (non-hydrogen) atoms. The van der Waals surface area contributed by atoms with Crippen LogP contribution in [0.1, 0.15) is 6.92 Å². The Bertz CT molecular complexity index is 564. The molecule has 2 aromatic rings. The molecular formula is C14H13NO2P+. The van der Waals surface area contributed by atoms with Crippen molar-refractivity contribution in [3.05, 3.63) is 54.6 Å². The first kappa shape index (κ1) is 12.5. The van der Waals surface area contributed by atoms with Crippen molar-refractivity contribution in [3.63, 3.8) is 0 Å². The van der Waals surface area contributed by atoms with Gasteiger partial charge in [-0.2, -0.15) is 0 Å². The van der Waals surface area contributed by atoms with Gasteiger partial charge in [0.2, 0.25) is 5.91 Å². The van der Waals surface area contributed by atoms with Gasteiger partial charge in [0.05, 0.1) is 0 Å². The molecule has 0 aliphatic carbocycles. The molecule has 0 spiro atoms. The van der Waals surface area contributed by atoms with Crippen LogP contribution in [-0.4, -0.2) is 5.91 Å². The van der Waals surface area contributed by atoms with Crippen LogP contribution in [0.5, 0.6) is 0 Å². The van der Waals surface area contributed by atoms with Gasteiger partial charge < -0.3 is 5.32 Å². The van der Waals surface area contributed by atoms with Gasteiger partial charge in [0, 0.05) is 12.6 Å². The van der Waals surface area contributed by atoms with Crippen molar-refractivity contribution in [2.75, 3.05) is 5.32 Å². The smallest absolute Gasteiger partial charge is 0.326 e. The maximum atomic E-state index is 12.2. The van der Waals surface area contributed by atoms with Gasteiger partial charge in [0.15, 0.2) is 10.6 Å². The lowest BCUT2D eigenvalue weighted by Crippen LogP contribution is -2.09. The van der Waals surface area contributed by atoms with Crippen LogP contribution >= 0.6 is 7.80 Å². The second-order valence-electron chi connectivity index (χ2n) is 3.86. The van der Waals surface area contributed by atoms with Gasteiger partial charge in [-0.05, 0) is 36.4 Å². The Morgan fingerprint density at radius 1 is 0.944 bits per heavy atom. The standard InChI is InChI=1S/C14H12NO2P/c1-11(16)15-12-7-9-14(10-8-12)18(17)13-5-3-2-4-6-13/h2-10H,1H3/p+1. The third-order valence-corrected chi connectivity index (χ3v) is 3.95. The molecule has 1 unspecified atom stereocenters. The highest BCUT2D eigenvalue weighted by molar-refractivity contribution is 7.61. The highest BCUT2D eigenvalue weighted by atomic mass is 31.1. The number of carbonyl (C=O) groups is 1. The van der Waals surface area contributed by atoms with Crippen LogP contribution in [0.4, 0.5) is 5.69 Å². The molecule has 90 valence electrons. The number of rotatable bonds is 3. The van der Waals surface area contributed by atoms with Gasteiger partial charge >= 0.3 is 7.80 Å². The average molecular weight is 258 g/mol. The number of hydrogen-bond donors (Lipinski definition) is 1. The molecule has 0 aliphatic heterocycles. The van der Waals surface area contributed by atoms with Crippen molar-refractivity contribution in [2.45, 2.75) is 6.92 Å². The van der Waals surface area contributed by atoms with E-state index in [1.54, 1.807) is 24.3 Å². The van der Waals surface area contributed by atoms with E-state index in [0.29, 0.717) is 5.69 Å². The zero-order chi connectivity index (χ0) is 13.0. The third kappa shape index (κ3) is 3.02. The summed E-state index contributed by atoms with van der Waals surface area (Å²) in [4.78, 5) is 10.9. The van der Waals surface area contributed by atoms with Crippen LogP contribution in [0.25, 0.3) is 0 Å². The summed E-state index contributed by atoms with van der Waals surface area (Å²) in [6.45, 7) is 1.46. The molecule has 0 saturated heterocycles. The lowest BCUT2D eigenvalue weighted by Gasteiger charge is -1.99. The largest absolute Gasteiger partial charge is 0.415 e. The van der Waals surface area contributed by atoms with Crippen LogP contribution < -0.4 is 15.9 Å². The number of amides is 1. The fraction of sp³-hybridized carbons (Fsp3) is 0.0714. The molecule has 2 aromatic carbocycles. The fourth-order valence-corrected chi connectivity index (χ4v) is 2.76. The number of hydrogen-bond acceptors (Lipinski definition) is 2. The maximum Gasteiger partial charge on any atom is 0.415 e. The van der Waals surface area contributed by atoms with Crippen molar-refractivity contribution >= 4 is 30.0 Å². The fourth-order valence-electron chi connectivity index (χ4n) is 1.60. The molecule has 1 N–H and O–H groups in total. The van der Waals surface area contributed by atoms with E-state index in [1.165, 1.54) is 6.92 Å². The first-order chi connectivity index (χ1) is 8.66. The topological polar surface area (TPSA) is 46.2 Å². The van der Waals surface area contributed by atoms with Gasteiger partial charge in [0.1, 0.15) is 0 Å². The molecule has 0 heterocycles. The van der Waals surface area contributed by atoms with Crippen LogP contribution in [0.15, 0.2) is 54.6 Å². The van der Waals surface area contributed by atoms with E-state index in [0.717, 1.165) is 10.6 Å². The molecule has 0 radical (unpaired) electrons. The van der Waals surface area contributed by atoms with Crippen molar-refractivity contribution in [2.24, 2.45) is 0 Å². The Morgan fingerprint density at radius 2 is 1.50 bits per heavy atom. The van der Waals surface area contributed by atoms with Crippen molar-refractivity contribution in [1.29, 1.82) is 0 Å². The predicted octanol–water partition coefficient (Wildman–Crippen LogP) is 2.42. The molecule has 3 nitrogen and oxygen atoms in total. The molecule has 0 aliphatic rings. The van der Waals surface area contributed by atoms with Gasteiger partial charge in [-0.15, -0.1) is 0 Å². The highest BCUT2D eigenvalue weighted by Crippen LogP contribution is 2.20. The first-order valence-corrected chi connectivity index (χ1v) is 6.83. The van der Waals surface area contributed by atoms with Gasteiger partial charge in [-0.1, -0.05) is 22.8 Å². The monoisotopic (exact) mass is 258 g/mol. The molecule has 1 atom stereocenters. The van der Waals surface area contributed by atoms with E-state index in [9.17, 15) is 9.36 Å². The third-order valence-electron chi connectivity index (χ3n) is 2.41. The minimum atomic E-state index is -1.57. The second-order valence-corrected chi connectivity index (χ2v) is 5.48. The maximum absolute atomic E-state index is 12.2. The summed E-state index contributed by atoms with van der Waals surface area (Å²) >= 11 is 0. The van der Waals surface area contributed by atoms with E-state index >= 15 is 0 Å². The summed E-state index contributed by atoms with van der Waals surface area (Å²) in [5.41, 5.74) is 0.711. The number of anilines is 1. The van der Waals surface area contributed by atoms with Crippen molar-refractivity contribution in [3.8, 4) is 0 Å². The van der Waals surface area contributed by atoms with Crippen molar-refractivity contribution < 1.29 is 9.36 Å². The molecule has 0 aromatic heterocycles. The van der Waals surface area contributed by atoms with Gasteiger partial charge in [-0.25, -0.2) is 0 Å². The summed E-state index contributed by atoms with van der Waals surface area (Å²) in [7, 11) is -1.57. The van der Waals surface area contributed by atoms with E-state index in [2.05, 4.69) is 5.32 Å². The second kappa shape index (κ2) is 5.56. The summed E-state index contributed by atoms with van der Waals surface area (Å²) in [5.74, 6) is -0.116. The molecule has 1 amide bonds. The molecule has 0 fully saturated rings. The Labute approximate surface area is 107 Å². The minimum absolute atomic E-state index is 0.116. The molecule has 0 bridgehead atoms. The number of benzene rings is 2. The summed E-state index contributed by atoms with van der Waals surface area (Å²) < 4.78 is 12.2. The number of carbonyl (C=O) groups excluding carboxylic acids is 1. The quantitative estimate of drug-likeness (QED) is 0.859. The zero-order valence-corrected chi connectivity index (χ0v) is 10.9. The Kier molecular flexibility index (Phi) is 3.85. The van der Waals surface area contributed by atoms with E-state index in [1.807, 2.05) is 30.3 Å². The summed E-state index contributed by atoms with van der Waals surface area (Å²) in [6.07, 6.45) is 0. The minimum Gasteiger partial charge on any atom is -0.326 e. The first-order valence-electron chi connectivity index (χ1n) is 5.57. The Hall–Kier alpha value is -1.99. The molecule has 4 heteroatoms. The normalized spacial score (nSPS) is 10.8. The van der Waals surface area contributed by atoms with E-state index in [4.69, 9.17) is 0 Å². The Balaban J connectivity index is 2.20. The summed E-state index contributed by atoms with van der Waals surface area (Å²) in [5, 5.41) is 4.24. The van der Waals surface area contributed by atoms with Crippen LogP contribution in [0, 0.1) is 0 Å². The van der Waals surface area contributed by atoms with Gasteiger partial charge in [-0.3, -0.25) is 4.79 Å². The van der Waals surface area contributed by atoms with E-state index < -0.39 is 7.80 Å². The van der Waals surface area contributed by atoms with Crippen molar-refractivity contribution in [1.82, 2.24) is 0 Å². The van der Waals surface area contributed by atoms with Gasteiger partial charge in [0.25, 0.3) is 0 Å².